The van der Waals surface area contributed by atoms with E-state index in [0.717, 1.165) is 12.1 Å². The lowest BCUT2D eigenvalue weighted by molar-refractivity contribution is -0.140. The first kappa shape index (κ1) is 24.0. The fourth-order valence-corrected chi connectivity index (χ4v) is 3.27. The van der Waals surface area contributed by atoms with E-state index in [1.54, 1.807) is 15.9 Å². The van der Waals surface area contributed by atoms with Crippen molar-refractivity contribution in [3.8, 4) is 0 Å². The van der Waals surface area contributed by atoms with Crippen molar-refractivity contribution in [2.75, 3.05) is 26.2 Å². The zero-order chi connectivity index (χ0) is 20.0. The van der Waals surface area contributed by atoms with Crippen LogP contribution in [0.3, 0.4) is 0 Å². The topological polar surface area (TPSA) is 72.9 Å². The lowest BCUT2D eigenvalue weighted by Gasteiger charge is -2.38. The van der Waals surface area contributed by atoms with Crippen LogP contribution in [0, 0.1) is 0 Å². The van der Waals surface area contributed by atoms with E-state index in [4.69, 9.17) is 0 Å². The molecule has 28 heavy (non-hydrogen) atoms. The number of benzene rings is 1. The Hall–Kier alpha value is -2.00. The second kappa shape index (κ2) is 10.5. The summed E-state index contributed by atoms with van der Waals surface area (Å²) < 4.78 is 38.7. The van der Waals surface area contributed by atoms with Crippen LogP contribution in [-0.2, 0) is 17.5 Å². The Morgan fingerprint density at radius 3 is 2.46 bits per heavy atom. The Morgan fingerprint density at radius 2 is 1.93 bits per heavy atom. The molecule has 1 saturated heterocycles. The number of nitrogens with zero attached hydrogens (tertiary/aromatic N) is 2. The molecule has 10 heteroatoms. The molecule has 0 aliphatic carbocycles. The van der Waals surface area contributed by atoms with Crippen molar-refractivity contribution in [1.29, 1.82) is 0 Å². The maximum atomic E-state index is 12.9. The maximum Gasteiger partial charge on any atom is 0.416 e. The molecular weight excluding hydrogens is 399 g/mol. The predicted molar refractivity (Wildman–Crippen MR) is 100 cm³/mol. The van der Waals surface area contributed by atoms with Gasteiger partial charge in [-0.2, -0.15) is 13.2 Å². The van der Waals surface area contributed by atoms with Gasteiger partial charge in [-0.05, 0) is 31.4 Å². The Kier molecular flexibility index (Phi) is 9.03. The lowest BCUT2D eigenvalue weighted by atomic mass is 10.0. The number of hydrogen-bond acceptors (Lipinski definition) is 3. The number of nitrogens with one attached hydrogen (secondary N) is 1. The normalized spacial score (nSPS) is 15.2. The van der Waals surface area contributed by atoms with Gasteiger partial charge in [-0.25, -0.2) is 4.79 Å². The molecule has 0 radical (unpaired) electrons. The summed E-state index contributed by atoms with van der Waals surface area (Å²) in [5, 5.41) is 11.9. The molecule has 2 rings (SSSR count). The lowest BCUT2D eigenvalue weighted by Crippen LogP contribution is -2.50. The number of halogens is 4. The summed E-state index contributed by atoms with van der Waals surface area (Å²) in [6.45, 7) is 3.17. The first-order chi connectivity index (χ1) is 12.7. The summed E-state index contributed by atoms with van der Waals surface area (Å²) in [6, 6.07) is 4.68. The molecule has 6 nitrogen and oxygen atoms in total. The number of amides is 2. The SMILES string of the molecule is CCNC(=O)N1CCC(N(CC(=O)O)Cc2cccc(C(F)(F)F)c2)CC1.Cl. The zero-order valence-corrected chi connectivity index (χ0v) is 16.4. The van der Waals surface area contributed by atoms with Gasteiger partial charge in [0.05, 0.1) is 12.1 Å². The average Bonchev–Trinajstić information content (AvgIpc) is 2.61. The summed E-state index contributed by atoms with van der Waals surface area (Å²) in [5.74, 6) is -1.03. The van der Waals surface area contributed by atoms with Crippen LogP contribution in [0.25, 0.3) is 0 Å². The van der Waals surface area contributed by atoms with Gasteiger partial charge < -0.3 is 15.3 Å². The summed E-state index contributed by atoms with van der Waals surface area (Å²) in [5.41, 5.74) is -0.335. The third-order valence-electron chi connectivity index (χ3n) is 4.57. The molecule has 1 aliphatic rings. The van der Waals surface area contributed by atoms with Gasteiger partial charge in [0.25, 0.3) is 0 Å². The van der Waals surface area contributed by atoms with Crippen molar-refractivity contribution in [3.63, 3.8) is 0 Å². The molecule has 0 atom stereocenters. The number of piperidine rings is 1. The third-order valence-corrected chi connectivity index (χ3v) is 4.57. The molecule has 2 N–H and O–H groups in total. The molecule has 2 amide bonds. The first-order valence-electron chi connectivity index (χ1n) is 8.85. The van der Waals surface area contributed by atoms with Gasteiger partial charge in [0.15, 0.2) is 0 Å². The molecule has 1 aliphatic heterocycles. The highest BCUT2D eigenvalue weighted by atomic mass is 35.5. The molecule has 0 saturated carbocycles. The Bertz CT molecular complexity index is 665. The molecule has 1 aromatic rings. The van der Waals surface area contributed by atoms with E-state index in [1.807, 2.05) is 6.92 Å². The zero-order valence-electron chi connectivity index (χ0n) is 15.5. The molecule has 0 bridgehead atoms. The van der Waals surface area contributed by atoms with Crippen LogP contribution in [0.15, 0.2) is 24.3 Å². The minimum absolute atomic E-state index is 0. The van der Waals surface area contributed by atoms with Gasteiger partial charge in [-0.1, -0.05) is 18.2 Å². The van der Waals surface area contributed by atoms with E-state index >= 15 is 0 Å². The molecule has 0 aromatic heterocycles. The number of aliphatic carboxylic acids is 1. The molecule has 158 valence electrons. The minimum atomic E-state index is -4.44. The monoisotopic (exact) mass is 423 g/mol. The minimum Gasteiger partial charge on any atom is -0.480 e. The highest BCUT2D eigenvalue weighted by Gasteiger charge is 2.31. The first-order valence-corrected chi connectivity index (χ1v) is 8.85. The fraction of sp³-hybridized carbons (Fsp3) is 0.556. The van der Waals surface area contributed by atoms with Gasteiger partial charge in [-0.15, -0.1) is 12.4 Å². The van der Waals surface area contributed by atoms with E-state index in [1.165, 1.54) is 6.07 Å². The van der Waals surface area contributed by atoms with Crippen LogP contribution < -0.4 is 5.32 Å². The molecule has 0 unspecified atom stereocenters. The number of alkyl halides is 3. The molecule has 1 fully saturated rings. The largest absolute Gasteiger partial charge is 0.480 e. The number of rotatable bonds is 6. The predicted octanol–water partition coefficient (Wildman–Crippen LogP) is 3.21. The quantitative estimate of drug-likeness (QED) is 0.737. The Balaban J connectivity index is 0.00000392. The van der Waals surface area contributed by atoms with Crippen molar-refractivity contribution in [2.45, 2.75) is 38.5 Å². The Labute approximate surface area is 168 Å². The smallest absolute Gasteiger partial charge is 0.416 e. The van der Waals surface area contributed by atoms with E-state index in [2.05, 4.69) is 5.32 Å². The van der Waals surface area contributed by atoms with E-state index in [-0.39, 0.29) is 37.6 Å². The maximum absolute atomic E-state index is 12.9. The third kappa shape index (κ3) is 6.87. The number of likely N-dealkylation sites (tertiary alicyclic amines) is 1. The second-order valence-corrected chi connectivity index (χ2v) is 6.55. The van der Waals surface area contributed by atoms with Crippen LogP contribution in [0.1, 0.15) is 30.9 Å². The summed E-state index contributed by atoms with van der Waals surface area (Å²) in [6.07, 6.45) is -3.29. The van der Waals surface area contributed by atoms with Gasteiger partial charge in [0.2, 0.25) is 0 Å². The molecular formula is C18H25ClF3N3O3. The van der Waals surface area contributed by atoms with Crippen molar-refractivity contribution >= 4 is 24.4 Å². The summed E-state index contributed by atoms with van der Waals surface area (Å²) >= 11 is 0. The van der Waals surface area contributed by atoms with Gasteiger partial charge in [0, 0.05) is 32.2 Å². The number of hydrogen-bond donors (Lipinski definition) is 2. The second-order valence-electron chi connectivity index (χ2n) is 6.55. The number of carboxylic acids is 1. The molecule has 0 spiro atoms. The molecule has 1 heterocycles. The van der Waals surface area contributed by atoms with Crippen molar-refractivity contribution in [3.05, 3.63) is 35.4 Å². The van der Waals surface area contributed by atoms with Gasteiger partial charge in [0.1, 0.15) is 0 Å². The van der Waals surface area contributed by atoms with Gasteiger partial charge >= 0.3 is 18.2 Å². The highest BCUT2D eigenvalue weighted by Crippen LogP contribution is 2.30. The Morgan fingerprint density at radius 1 is 1.29 bits per heavy atom. The fourth-order valence-electron chi connectivity index (χ4n) is 3.27. The molecule has 1 aromatic carbocycles. The van der Waals surface area contributed by atoms with Crippen molar-refractivity contribution in [2.24, 2.45) is 0 Å². The number of urea groups is 1. The number of carbonyl (C=O) groups is 2. The number of carboxylic acid groups (broad SMARTS) is 1. The van der Waals surface area contributed by atoms with Crippen LogP contribution in [-0.4, -0.2) is 59.1 Å². The van der Waals surface area contributed by atoms with Crippen LogP contribution in [0.5, 0.6) is 0 Å². The van der Waals surface area contributed by atoms with E-state index in [0.29, 0.717) is 38.0 Å². The van der Waals surface area contributed by atoms with Gasteiger partial charge in [-0.3, -0.25) is 9.69 Å². The van der Waals surface area contributed by atoms with Crippen LogP contribution >= 0.6 is 12.4 Å². The van der Waals surface area contributed by atoms with Crippen LogP contribution in [0.4, 0.5) is 18.0 Å². The summed E-state index contributed by atoms with van der Waals surface area (Å²) in [7, 11) is 0. The van der Waals surface area contributed by atoms with Crippen molar-refractivity contribution in [1.82, 2.24) is 15.1 Å². The van der Waals surface area contributed by atoms with E-state index in [9.17, 15) is 27.9 Å². The standard InChI is InChI=1S/C18H24F3N3O3.ClH/c1-2-22-17(27)23-8-6-15(7-9-23)24(12-16(25)26)11-13-4-3-5-14(10-13)18(19,20)21;/h3-5,10,15H,2,6-9,11-12H2,1H3,(H,22,27)(H,25,26);1H. The number of carbonyl (C=O) groups excluding carboxylic acids is 1. The van der Waals surface area contributed by atoms with Crippen molar-refractivity contribution < 1.29 is 27.9 Å². The highest BCUT2D eigenvalue weighted by molar-refractivity contribution is 5.85. The van der Waals surface area contributed by atoms with Crippen LogP contribution in [0.2, 0.25) is 0 Å². The average molecular weight is 424 g/mol. The summed E-state index contributed by atoms with van der Waals surface area (Å²) in [4.78, 5) is 26.4. The van der Waals surface area contributed by atoms with E-state index < -0.39 is 17.7 Å².